The summed E-state index contributed by atoms with van der Waals surface area (Å²) in [7, 11) is 0. The molecule has 0 radical (unpaired) electrons. The Morgan fingerprint density at radius 2 is 1.39 bits per heavy atom. The maximum atomic E-state index is 12.9. The molecule has 2 rings (SSSR count). The Balaban J connectivity index is 2.11. The molecule has 0 bridgehead atoms. The standard InChI is InChI=1S/C30H44O3/c1-4-7-10-16-23-28(26-19-14-11-15-20-26)32-30(31)33-29-24-17-21-25(18-12-8-5-2)27(29)22-13-9-6-3/h11,14-15,17,19-21,24,28H,4-10,12-13,16,18,22-23H2,1-3H3. The van der Waals surface area contributed by atoms with Gasteiger partial charge in [-0.2, -0.15) is 0 Å². The zero-order valence-electron chi connectivity index (χ0n) is 21.1. The van der Waals surface area contributed by atoms with Crippen LogP contribution in [0.1, 0.15) is 114 Å². The third kappa shape index (κ3) is 10.0. The summed E-state index contributed by atoms with van der Waals surface area (Å²) in [6, 6.07) is 16.2. The lowest BCUT2D eigenvalue weighted by Crippen LogP contribution is -2.16. The van der Waals surface area contributed by atoms with Gasteiger partial charge in [0.25, 0.3) is 0 Å². The van der Waals surface area contributed by atoms with Crippen molar-refractivity contribution in [3.05, 3.63) is 65.2 Å². The minimum Gasteiger partial charge on any atom is -0.426 e. The molecule has 3 heteroatoms. The molecule has 0 fully saturated rings. The van der Waals surface area contributed by atoms with E-state index in [2.05, 4.69) is 26.8 Å². The van der Waals surface area contributed by atoms with Gasteiger partial charge in [0.05, 0.1) is 0 Å². The first-order valence-electron chi connectivity index (χ1n) is 13.2. The number of rotatable bonds is 16. The lowest BCUT2D eigenvalue weighted by atomic mass is 9.96. The average molecular weight is 453 g/mol. The van der Waals surface area contributed by atoms with Crippen LogP contribution in [-0.4, -0.2) is 6.16 Å². The summed E-state index contributed by atoms with van der Waals surface area (Å²) in [6.45, 7) is 6.65. The highest BCUT2D eigenvalue weighted by molar-refractivity contribution is 5.65. The third-order valence-electron chi connectivity index (χ3n) is 6.23. The Labute approximate surface area is 201 Å². The normalized spacial score (nSPS) is 11.8. The van der Waals surface area contributed by atoms with Gasteiger partial charge in [0.15, 0.2) is 0 Å². The van der Waals surface area contributed by atoms with E-state index in [1.807, 2.05) is 42.5 Å². The second-order valence-corrected chi connectivity index (χ2v) is 9.03. The molecule has 33 heavy (non-hydrogen) atoms. The van der Waals surface area contributed by atoms with E-state index >= 15 is 0 Å². The van der Waals surface area contributed by atoms with Crippen LogP contribution >= 0.6 is 0 Å². The van der Waals surface area contributed by atoms with Crippen molar-refractivity contribution in [2.45, 2.75) is 110 Å². The number of aryl methyl sites for hydroxylation is 1. The minimum atomic E-state index is -0.596. The Kier molecular flexibility index (Phi) is 13.4. The Bertz CT molecular complexity index is 784. The molecule has 182 valence electrons. The zero-order chi connectivity index (χ0) is 23.7. The number of carbonyl (C=O) groups excluding carboxylic acids is 1. The van der Waals surface area contributed by atoms with Crippen molar-refractivity contribution in [1.29, 1.82) is 0 Å². The van der Waals surface area contributed by atoms with Crippen LogP contribution in [0.15, 0.2) is 48.5 Å². The Hall–Kier alpha value is -2.29. The molecule has 0 heterocycles. The predicted molar refractivity (Wildman–Crippen MR) is 138 cm³/mol. The summed E-state index contributed by atoms with van der Waals surface area (Å²) in [6.07, 6.45) is 13.6. The first kappa shape index (κ1) is 27.0. The molecule has 1 atom stereocenters. The average Bonchev–Trinajstić information content (AvgIpc) is 2.83. The second-order valence-electron chi connectivity index (χ2n) is 9.03. The number of benzene rings is 2. The van der Waals surface area contributed by atoms with Crippen molar-refractivity contribution in [3.8, 4) is 5.75 Å². The van der Waals surface area contributed by atoms with E-state index in [1.165, 1.54) is 56.1 Å². The zero-order valence-corrected chi connectivity index (χ0v) is 21.1. The molecule has 0 aromatic heterocycles. The molecule has 0 spiro atoms. The monoisotopic (exact) mass is 452 g/mol. The highest BCUT2D eigenvalue weighted by atomic mass is 16.7. The topological polar surface area (TPSA) is 35.5 Å². The van der Waals surface area contributed by atoms with Gasteiger partial charge in [0.1, 0.15) is 11.9 Å². The van der Waals surface area contributed by atoms with E-state index < -0.39 is 6.16 Å². The molecule has 0 saturated heterocycles. The van der Waals surface area contributed by atoms with Crippen molar-refractivity contribution in [1.82, 2.24) is 0 Å². The van der Waals surface area contributed by atoms with Gasteiger partial charge in [0.2, 0.25) is 0 Å². The van der Waals surface area contributed by atoms with E-state index in [9.17, 15) is 4.79 Å². The van der Waals surface area contributed by atoms with Gasteiger partial charge in [0, 0.05) is 0 Å². The second kappa shape index (κ2) is 16.3. The van der Waals surface area contributed by atoms with Gasteiger partial charge >= 0.3 is 6.16 Å². The summed E-state index contributed by atoms with van der Waals surface area (Å²) in [5.74, 6) is 0.669. The smallest absolute Gasteiger partial charge is 0.426 e. The van der Waals surface area contributed by atoms with Crippen LogP contribution in [0, 0.1) is 0 Å². The molecule has 0 aliphatic rings. The molecular formula is C30H44O3. The van der Waals surface area contributed by atoms with Gasteiger partial charge in [-0.25, -0.2) is 4.79 Å². The maximum Gasteiger partial charge on any atom is 0.514 e. The summed E-state index contributed by atoms with van der Waals surface area (Å²) >= 11 is 0. The van der Waals surface area contributed by atoms with Gasteiger partial charge in [-0.15, -0.1) is 0 Å². The number of hydrogen-bond donors (Lipinski definition) is 0. The van der Waals surface area contributed by atoms with E-state index in [-0.39, 0.29) is 6.10 Å². The fourth-order valence-corrected chi connectivity index (χ4v) is 4.29. The molecule has 2 aromatic carbocycles. The van der Waals surface area contributed by atoms with Gasteiger partial charge in [-0.1, -0.05) is 108 Å². The summed E-state index contributed by atoms with van der Waals surface area (Å²) in [4.78, 5) is 12.9. The van der Waals surface area contributed by atoms with Gasteiger partial charge in [-0.05, 0) is 61.3 Å². The molecule has 0 aliphatic carbocycles. The first-order chi connectivity index (χ1) is 16.2. The van der Waals surface area contributed by atoms with E-state index in [0.29, 0.717) is 5.75 Å². The molecule has 1 unspecified atom stereocenters. The molecule has 2 aromatic rings. The first-order valence-corrected chi connectivity index (χ1v) is 13.2. The van der Waals surface area contributed by atoms with Crippen molar-refractivity contribution in [3.63, 3.8) is 0 Å². The lowest BCUT2D eigenvalue weighted by molar-refractivity contribution is 0.0525. The van der Waals surface area contributed by atoms with Crippen molar-refractivity contribution in [2.24, 2.45) is 0 Å². The predicted octanol–water partition coefficient (Wildman–Crippen LogP) is 9.38. The molecule has 0 aliphatic heterocycles. The minimum absolute atomic E-state index is 0.271. The van der Waals surface area contributed by atoms with Gasteiger partial charge < -0.3 is 9.47 Å². The fourth-order valence-electron chi connectivity index (χ4n) is 4.29. The van der Waals surface area contributed by atoms with Crippen LogP contribution in [-0.2, 0) is 17.6 Å². The van der Waals surface area contributed by atoms with E-state index in [0.717, 1.165) is 44.1 Å². The number of ether oxygens (including phenoxy) is 2. The van der Waals surface area contributed by atoms with Crippen molar-refractivity contribution >= 4 is 6.16 Å². The van der Waals surface area contributed by atoms with Gasteiger partial charge in [-0.3, -0.25) is 0 Å². The van der Waals surface area contributed by atoms with E-state index in [1.54, 1.807) is 0 Å². The number of hydrogen-bond acceptors (Lipinski definition) is 3. The Morgan fingerprint density at radius 3 is 2.09 bits per heavy atom. The third-order valence-corrected chi connectivity index (χ3v) is 6.23. The molecular weight excluding hydrogens is 408 g/mol. The summed E-state index contributed by atoms with van der Waals surface area (Å²) in [5, 5.41) is 0. The highest BCUT2D eigenvalue weighted by Gasteiger charge is 2.20. The lowest BCUT2D eigenvalue weighted by Gasteiger charge is -2.19. The molecule has 0 amide bonds. The molecule has 0 saturated carbocycles. The SMILES string of the molecule is CCCCCCC(OC(=O)Oc1cccc(CCCCC)c1CCCCC)c1ccccc1. The largest absolute Gasteiger partial charge is 0.514 e. The maximum absolute atomic E-state index is 12.9. The molecule has 3 nitrogen and oxygen atoms in total. The number of carbonyl (C=O) groups is 1. The number of unbranched alkanes of at least 4 members (excludes halogenated alkanes) is 7. The Morgan fingerprint density at radius 1 is 0.727 bits per heavy atom. The van der Waals surface area contributed by atoms with Crippen LogP contribution in [0.25, 0.3) is 0 Å². The summed E-state index contributed by atoms with van der Waals surface area (Å²) in [5.41, 5.74) is 3.52. The van der Waals surface area contributed by atoms with E-state index in [4.69, 9.17) is 9.47 Å². The fraction of sp³-hybridized carbons (Fsp3) is 0.567. The van der Waals surface area contributed by atoms with Crippen LogP contribution in [0.3, 0.4) is 0 Å². The van der Waals surface area contributed by atoms with Crippen LogP contribution < -0.4 is 4.74 Å². The molecule has 0 N–H and O–H groups in total. The van der Waals surface area contributed by atoms with Crippen molar-refractivity contribution < 1.29 is 14.3 Å². The summed E-state index contributed by atoms with van der Waals surface area (Å²) < 4.78 is 11.7. The van der Waals surface area contributed by atoms with Crippen LogP contribution in [0.4, 0.5) is 4.79 Å². The van der Waals surface area contributed by atoms with Crippen LogP contribution in [0.2, 0.25) is 0 Å². The van der Waals surface area contributed by atoms with Crippen LogP contribution in [0.5, 0.6) is 5.75 Å². The quantitative estimate of drug-likeness (QED) is 0.144. The highest BCUT2D eigenvalue weighted by Crippen LogP contribution is 2.29. The van der Waals surface area contributed by atoms with Crippen molar-refractivity contribution in [2.75, 3.05) is 0 Å².